The summed E-state index contributed by atoms with van der Waals surface area (Å²) in [6.45, 7) is 0.0150. The van der Waals surface area contributed by atoms with Gasteiger partial charge in [0.25, 0.3) is 5.91 Å². The first-order valence-corrected chi connectivity index (χ1v) is 5.65. The van der Waals surface area contributed by atoms with Crippen LogP contribution in [-0.2, 0) is 18.4 Å². The second kappa shape index (κ2) is 4.99. The van der Waals surface area contributed by atoms with E-state index in [1.165, 1.54) is 12.1 Å². The third-order valence-electron chi connectivity index (χ3n) is 2.66. The first-order valence-electron chi connectivity index (χ1n) is 5.65. The fourth-order valence-electron chi connectivity index (χ4n) is 1.72. The molecule has 0 saturated carbocycles. The topological polar surface area (TPSA) is 101 Å². The standard InChI is InChI=1S/C12H16N5O2/c1-15-4-5-16(8-15)7-12(18)17(19)11-3-2-9(13)6-10(11)14/h2-6,8,19H,7,13-14H2,1H3/q+1. The summed E-state index contributed by atoms with van der Waals surface area (Å²) >= 11 is 0. The molecule has 1 aromatic heterocycles. The Labute approximate surface area is 110 Å². The van der Waals surface area contributed by atoms with Crippen LogP contribution in [-0.4, -0.2) is 15.7 Å². The van der Waals surface area contributed by atoms with Gasteiger partial charge >= 0.3 is 0 Å². The molecule has 0 aliphatic carbocycles. The molecule has 0 aliphatic heterocycles. The Morgan fingerprint density at radius 1 is 1.47 bits per heavy atom. The average molecular weight is 262 g/mol. The Hall–Kier alpha value is -2.54. The van der Waals surface area contributed by atoms with Crippen molar-refractivity contribution in [3.05, 3.63) is 36.9 Å². The maximum absolute atomic E-state index is 11.9. The highest BCUT2D eigenvalue weighted by Gasteiger charge is 2.18. The predicted molar refractivity (Wildman–Crippen MR) is 70.1 cm³/mol. The van der Waals surface area contributed by atoms with E-state index in [1.54, 1.807) is 33.9 Å². The van der Waals surface area contributed by atoms with E-state index in [0.29, 0.717) is 10.8 Å². The van der Waals surface area contributed by atoms with Crippen LogP contribution in [0.2, 0.25) is 0 Å². The molecule has 0 bridgehead atoms. The van der Waals surface area contributed by atoms with Crippen LogP contribution in [0.15, 0.2) is 36.9 Å². The predicted octanol–water partition coefficient (Wildman–Crippen LogP) is -0.101. The number of nitrogen functional groups attached to an aromatic ring is 2. The van der Waals surface area contributed by atoms with Gasteiger partial charge in [0.15, 0.2) is 6.54 Å². The van der Waals surface area contributed by atoms with Gasteiger partial charge < -0.3 is 11.5 Å². The minimum absolute atomic E-state index is 0.0150. The molecule has 100 valence electrons. The van der Waals surface area contributed by atoms with Crippen molar-refractivity contribution in [3.63, 3.8) is 0 Å². The molecular formula is C12H16N5O2+. The van der Waals surface area contributed by atoms with Crippen LogP contribution < -0.4 is 21.1 Å². The van der Waals surface area contributed by atoms with Crippen molar-refractivity contribution in [3.8, 4) is 0 Å². The Bertz CT molecular complexity index is 608. The molecule has 7 heteroatoms. The van der Waals surface area contributed by atoms with Crippen LogP contribution in [0.1, 0.15) is 0 Å². The van der Waals surface area contributed by atoms with Crippen LogP contribution in [0.3, 0.4) is 0 Å². The highest BCUT2D eigenvalue weighted by Crippen LogP contribution is 2.24. The molecule has 2 rings (SSSR count). The summed E-state index contributed by atoms with van der Waals surface area (Å²) in [6.07, 6.45) is 5.27. The van der Waals surface area contributed by atoms with Crippen molar-refractivity contribution in [2.75, 3.05) is 16.5 Å². The monoisotopic (exact) mass is 262 g/mol. The number of amides is 1. The van der Waals surface area contributed by atoms with E-state index >= 15 is 0 Å². The number of carbonyl (C=O) groups is 1. The van der Waals surface area contributed by atoms with Gasteiger partial charge in [-0.15, -0.1) is 0 Å². The van der Waals surface area contributed by atoms with E-state index in [9.17, 15) is 10.0 Å². The molecule has 1 amide bonds. The third kappa shape index (κ3) is 2.83. The van der Waals surface area contributed by atoms with Crippen molar-refractivity contribution in [1.82, 2.24) is 4.57 Å². The number of nitrogens with two attached hydrogens (primary N) is 2. The fourth-order valence-corrected chi connectivity index (χ4v) is 1.72. The molecule has 1 aromatic carbocycles. The van der Waals surface area contributed by atoms with Crippen LogP contribution >= 0.6 is 0 Å². The molecule has 0 spiro atoms. The van der Waals surface area contributed by atoms with Crippen molar-refractivity contribution >= 4 is 23.0 Å². The van der Waals surface area contributed by atoms with Gasteiger partial charge in [0.1, 0.15) is 12.4 Å². The van der Waals surface area contributed by atoms with E-state index < -0.39 is 5.91 Å². The van der Waals surface area contributed by atoms with Crippen molar-refractivity contribution in [1.29, 1.82) is 0 Å². The smallest absolute Gasteiger partial charge is 0.292 e. The van der Waals surface area contributed by atoms with Crippen molar-refractivity contribution < 1.29 is 14.6 Å². The van der Waals surface area contributed by atoms with E-state index in [4.69, 9.17) is 11.5 Å². The number of imidazole rings is 1. The van der Waals surface area contributed by atoms with Crippen LogP contribution in [0.5, 0.6) is 0 Å². The number of aromatic nitrogens is 2. The summed E-state index contributed by atoms with van der Waals surface area (Å²) in [4.78, 5) is 11.9. The second-order valence-corrected chi connectivity index (χ2v) is 4.28. The summed E-state index contributed by atoms with van der Waals surface area (Å²) in [5.41, 5.74) is 12.2. The number of nitrogens with zero attached hydrogens (tertiary/aromatic N) is 3. The lowest BCUT2D eigenvalue weighted by Gasteiger charge is -2.16. The lowest BCUT2D eigenvalue weighted by Crippen LogP contribution is -2.32. The zero-order valence-electron chi connectivity index (χ0n) is 10.5. The summed E-state index contributed by atoms with van der Waals surface area (Å²) in [5.74, 6) is -0.493. The number of aryl methyl sites for hydroxylation is 1. The molecule has 0 aliphatic rings. The normalized spacial score (nSPS) is 10.4. The first kappa shape index (κ1) is 12.9. The number of hydrogen-bond acceptors (Lipinski definition) is 4. The minimum atomic E-state index is -0.493. The van der Waals surface area contributed by atoms with Gasteiger partial charge in [0.2, 0.25) is 6.33 Å². The number of hydrogen-bond donors (Lipinski definition) is 3. The van der Waals surface area contributed by atoms with Crippen molar-refractivity contribution in [2.24, 2.45) is 7.05 Å². The summed E-state index contributed by atoms with van der Waals surface area (Å²) in [5, 5.41) is 10.4. The second-order valence-electron chi connectivity index (χ2n) is 4.28. The lowest BCUT2D eigenvalue weighted by atomic mass is 10.2. The van der Waals surface area contributed by atoms with Crippen LogP contribution in [0, 0.1) is 0 Å². The number of anilines is 3. The van der Waals surface area contributed by atoms with Gasteiger partial charge in [-0.05, 0) is 18.2 Å². The average Bonchev–Trinajstić information content (AvgIpc) is 2.74. The summed E-state index contributed by atoms with van der Waals surface area (Å²) in [7, 11) is 1.84. The summed E-state index contributed by atoms with van der Waals surface area (Å²) < 4.78 is 3.45. The van der Waals surface area contributed by atoms with Gasteiger partial charge in [-0.1, -0.05) is 0 Å². The van der Waals surface area contributed by atoms with E-state index in [-0.39, 0.29) is 17.9 Å². The fraction of sp³-hybridized carbons (Fsp3) is 0.167. The number of benzene rings is 1. The van der Waals surface area contributed by atoms with Crippen LogP contribution in [0.25, 0.3) is 0 Å². The Kier molecular flexibility index (Phi) is 3.39. The minimum Gasteiger partial charge on any atom is -0.399 e. The number of hydroxylamine groups is 1. The molecule has 2 aromatic rings. The van der Waals surface area contributed by atoms with E-state index in [1.807, 2.05) is 7.05 Å². The maximum atomic E-state index is 11.9. The maximum Gasteiger partial charge on any atom is 0.292 e. The molecule has 19 heavy (non-hydrogen) atoms. The largest absolute Gasteiger partial charge is 0.399 e. The van der Waals surface area contributed by atoms with Crippen molar-refractivity contribution in [2.45, 2.75) is 6.54 Å². The lowest BCUT2D eigenvalue weighted by molar-refractivity contribution is -0.671. The molecule has 5 N–H and O–H groups in total. The van der Waals surface area contributed by atoms with E-state index in [0.717, 1.165) is 0 Å². The molecule has 7 nitrogen and oxygen atoms in total. The molecule has 0 atom stereocenters. The van der Waals surface area contributed by atoms with Gasteiger partial charge in [-0.3, -0.25) is 10.0 Å². The zero-order valence-corrected chi connectivity index (χ0v) is 10.5. The summed E-state index contributed by atoms with van der Waals surface area (Å²) in [6, 6.07) is 4.55. The SMILES string of the molecule is C[n+]1ccn(CC(=O)N(O)c2ccc(N)cc2N)c1. The molecule has 0 radical (unpaired) electrons. The third-order valence-corrected chi connectivity index (χ3v) is 2.66. The van der Waals surface area contributed by atoms with Gasteiger partial charge in [0.05, 0.1) is 18.4 Å². The highest BCUT2D eigenvalue weighted by molar-refractivity contribution is 5.94. The molecule has 0 saturated heterocycles. The van der Waals surface area contributed by atoms with E-state index in [2.05, 4.69) is 0 Å². The van der Waals surface area contributed by atoms with Crippen LogP contribution in [0.4, 0.5) is 17.1 Å². The number of rotatable bonds is 3. The Balaban J connectivity index is 2.14. The zero-order chi connectivity index (χ0) is 14.0. The first-order chi connectivity index (χ1) is 8.97. The molecular weight excluding hydrogens is 246 g/mol. The Morgan fingerprint density at radius 3 is 2.79 bits per heavy atom. The highest BCUT2D eigenvalue weighted by atomic mass is 16.5. The quantitative estimate of drug-likeness (QED) is 0.311. The van der Waals surface area contributed by atoms with Gasteiger partial charge in [0, 0.05) is 5.69 Å². The van der Waals surface area contributed by atoms with Gasteiger partial charge in [-0.2, -0.15) is 5.06 Å². The van der Waals surface area contributed by atoms with Gasteiger partial charge in [-0.25, -0.2) is 9.13 Å². The molecule has 0 unspecified atom stereocenters. The number of carbonyl (C=O) groups excluding carboxylic acids is 1. The molecule has 1 heterocycles. The molecule has 0 fully saturated rings. The Morgan fingerprint density at radius 2 is 2.21 bits per heavy atom.